The summed E-state index contributed by atoms with van der Waals surface area (Å²) in [6.07, 6.45) is 4.45. The molecule has 2 aliphatic rings. The van der Waals surface area contributed by atoms with Crippen LogP contribution in [0.25, 0.3) is 12.2 Å². The third-order valence-corrected chi connectivity index (χ3v) is 7.38. The number of rotatable bonds is 8. The van der Waals surface area contributed by atoms with Crippen LogP contribution in [-0.4, -0.2) is 52.6 Å². The molecule has 4 aromatic rings. The molecule has 2 saturated heterocycles. The molecule has 2 heterocycles. The second-order valence-electron chi connectivity index (χ2n) is 10.00. The van der Waals surface area contributed by atoms with Crippen molar-refractivity contribution in [1.29, 1.82) is 0 Å². The fourth-order valence-corrected chi connectivity index (χ4v) is 5.31. The van der Waals surface area contributed by atoms with Crippen LogP contribution in [-0.2, 0) is 9.47 Å². The molecule has 2 N–H and O–H groups in total. The van der Waals surface area contributed by atoms with Gasteiger partial charge in [0.1, 0.15) is 0 Å². The summed E-state index contributed by atoms with van der Waals surface area (Å²) in [7, 11) is 0. The Bertz CT molecular complexity index is 1300. The molecular formula is C34H36N4O2. The van der Waals surface area contributed by atoms with Crippen LogP contribution in [0.2, 0.25) is 0 Å². The van der Waals surface area contributed by atoms with E-state index < -0.39 is 0 Å². The van der Waals surface area contributed by atoms with E-state index in [1.807, 2.05) is 12.1 Å². The van der Waals surface area contributed by atoms with Crippen molar-refractivity contribution in [3.8, 4) is 0 Å². The molecule has 6 rings (SSSR count). The van der Waals surface area contributed by atoms with Crippen molar-refractivity contribution in [2.45, 2.75) is 0 Å². The van der Waals surface area contributed by atoms with Gasteiger partial charge in [0.2, 0.25) is 0 Å². The Morgan fingerprint density at radius 2 is 0.875 bits per heavy atom. The van der Waals surface area contributed by atoms with E-state index in [9.17, 15) is 0 Å². The molecule has 2 aliphatic heterocycles. The van der Waals surface area contributed by atoms with E-state index >= 15 is 0 Å². The van der Waals surface area contributed by atoms with Gasteiger partial charge >= 0.3 is 0 Å². The minimum atomic E-state index is 0.744. The van der Waals surface area contributed by atoms with Crippen molar-refractivity contribution >= 4 is 46.3 Å². The normalized spacial score (nSPS) is 15.8. The third kappa shape index (κ3) is 6.14. The van der Waals surface area contributed by atoms with E-state index in [4.69, 9.17) is 9.47 Å². The third-order valence-electron chi connectivity index (χ3n) is 7.38. The zero-order valence-corrected chi connectivity index (χ0v) is 22.8. The SMILES string of the molecule is C(=C\c1cccc(N2CCOCC2)c1Nc1ccccc1)/c1cccc(N2CCOCC2)c1Nc1ccccc1. The first-order valence-electron chi connectivity index (χ1n) is 14.1. The monoisotopic (exact) mass is 532 g/mol. The molecule has 0 aliphatic carbocycles. The quantitative estimate of drug-likeness (QED) is 0.238. The van der Waals surface area contributed by atoms with Gasteiger partial charge < -0.3 is 29.9 Å². The number of hydrogen-bond acceptors (Lipinski definition) is 6. The summed E-state index contributed by atoms with van der Waals surface area (Å²) in [6, 6.07) is 33.8. The molecule has 6 heteroatoms. The number of nitrogens with one attached hydrogen (secondary N) is 2. The largest absolute Gasteiger partial charge is 0.378 e. The van der Waals surface area contributed by atoms with Gasteiger partial charge in [-0.3, -0.25) is 0 Å². The fourth-order valence-electron chi connectivity index (χ4n) is 5.31. The summed E-state index contributed by atoms with van der Waals surface area (Å²) < 4.78 is 11.3. The average Bonchev–Trinajstić information content (AvgIpc) is 3.03. The van der Waals surface area contributed by atoms with Gasteiger partial charge in [-0.1, -0.05) is 72.8 Å². The van der Waals surface area contributed by atoms with Crippen LogP contribution in [0.4, 0.5) is 34.1 Å². The summed E-state index contributed by atoms with van der Waals surface area (Å²) in [5, 5.41) is 7.44. The van der Waals surface area contributed by atoms with Crippen LogP contribution in [0, 0.1) is 0 Å². The molecule has 0 spiro atoms. The van der Waals surface area contributed by atoms with Gasteiger partial charge in [0, 0.05) is 48.7 Å². The molecule has 4 aromatic carbocycles. The minimum Gasteiger partial charge on any atom is -0.378 e. The standard InChI is InChI=1S/C34H36N4O2/c1-3-11-29(12-4-1)35-33-27(9-7-15-31(33)37-19-23-39-24-20-37)17-18-28-10-8-16-32(38-21-25-40-26-22-38)34(28)36-30-13-5-2-6-14-30/h1-18,35-36H,19-26H2/b18-17+. The Morgan fingerprint density at radius 3 is 1.27 bits per heavy atom. The summed E-state index contributed by atoms with van der Waals surface area (Å²) >= 11 is 0. The number of nitrogens with zero attached hydrogens (tertiary/aromatic N) is 2. The van der Waals surface area contributed by atoms with E-state index in [0.717, 1.165) is 86.5 Å². The van der Waals surface area contributed by atoms with Gasteiger partial charge in [0.25, 0.3) is 0 Å². The first-order chi connectivity index (χ1) is 19.8. The van der Waals surface area contributed by atoms with E-state index in [0.29, 0.717) is 0 Å². The molecule has 40 heavy (non-hydrogen) atoms. The van der Waals surface area contributed by atoms with E-state index in [2.05, 4.69) is 118 Å². The van der Waals surface area contributed by atoms with E-state index in [1.54, 1.807) is 0 Å². The van der Waals surface area contributed by atoms with Crippen LogP contribution in [0.5, 0.6) is 0 Å². The van der Waals surface area contributed by atoms with E-state index in [1.165, 1.54) is 11.4 Å². The maximum atomic E-state index is 5.64. The molecule has 0 saturated carbocycles. The molecule has 0 bridgehead atoms. The highest BCUT2D eigenvalue weighted by Crippen LogP contribution is 2.37. The van der Waals surface area contributed by atoms with Crippen molar-refractivity contribution in [1.82, 2.24) is 0 Å². The Kier molecular flexibility index (Phi) is 8.27. The van der Waals surface area contributed by atoms with Crippen molar-refractivity contribution in [3.63, 3.8) is 0 Å². The Hall–Kier alpha value is -4.26. The van der Waals surface area contributed by atoms with Crippen LogP contribution < -0.4 is 20.4 Å². The molecule has 6 nitrogen and oxygen atoms in total. The lowest BCUT2D eigenvalue weighted by Crippen LogP contribution is -2.36. The number of benzene rings is 4. The zero-order chi connectivity index (χ0) is 27.0. The molecule has 204 valence electrons. The molecule has 0 amide bonds. The number of anilines is 6. The number of hydrogen-bond donors (Lipinski definition) is 2. The second kappa shape index (κ2) is 12.7. The number of para-hydroxylation sites is 4. The predicted octanol–water partition coefficient (Wildman–Crippen LogP) is 7.02. The molecule has 0 aromatic heterocycles. The predicted molar refractivity (Wildman–Crippen MR) is 167 cm³/mol. The lowest BCUT2D eigenvalue weighted by atomic mass is 10.0. The fraction of sp³-hybridized carbons (Fsp3) is 0.235. The second-order valence-corrected chi connectivity index (χ2v) is 10.00. The Morgan fingerprint density at radius 1 is 0.475 bits per heavy atom. The molecular weight excluding hydrogens is 496 g/mol. The van der Waals surface area contributed by atoms with Crippen LogP contribution in [0.15, 0.2) is 97.1 Å². The number of morpholine rings is 2. The molecule has 2 fully saturated rings. The van der Waals surface area contributed by atoms with Gasteiger partial charge in [-0.2, -0.15) is 0 Å². The maximum absolute atomic E-state index is 5.64. The minimum absolute atomic E-state index is 0.744. The van der Waals surface area contributed by atoms with Gasteiger partial charge in [-0.15, -0.1) is 0 Å². The van der Waals surface area contributed by atoms with E-state index in [-0.39, 0.29) is 0 Å². The van der Waals surface area contributed by atoms with Gasteiger partial charge in [-0.25, -0.2) is 0 Å². The summed E-state index contributed by atoms with van der Waals surface area (Å²) in [6.45, 7) is 6.49. The van der Waals surface area contributed by atoms with Crippen LogP contribution >= 0.6 is 0 Å². The summed E-state index contributed by atoms with van der Waals surface area (Å²) in [5.74, 6) is 0. The molecule has 0 unspecified atom stereocenters. The smallest absolute Gasteiger partial charge is 0.0695 e. The first kappa shape index (κ1) is 26.0. The van der Waals surface area contributed by atoms with Crippen molar-refractivity contribution in [3.05, 3.63) is 108 Å². The lowest BCUT2D eigenvalue weighted by molar-refractivity contribution is 0.122. The highest BCUT2D eigenvalue weighted by Gasteiger charge is 2.19. The highest BCUT2D eigenvalue weighted by molar-refractivity contribution is 5.91. The molecule has 0 radical (unpaired) electrons. The Labute approximate surface area is 236 Å². The summed E-state index contributed by atoms with van der Waals surface area (Å²) in [5.41, 5.74) is 9.00. The van der Waals surface area contributed by atoms with Crippen molar-refractivity contribution in [2.24, 2.45) is 0 Å². The van der Waals surface area contributed by atoms with Gasteiger partial charge in [0.15, 0.2) is 0 Å². The van der Waals surface area contributed by atoms with Crippen molar-refractivity contribution < 1.29 is 9.47 Å². The topological polar surface area (TPSA) is 49.0 Å². The Balaban J connectivity index is 1.39. The maximum Gasteiger partial charge on any atom is 0.0695 e. The van der Waals surface area contributed by atoms with Crippen molar-refractivity contribution in [2.75, 3.05) is 73.0 Å². The average molecular weight is 533 g/mol. The number of ether oxygens (including phenoxy) is 2. The lowest BCUT2D eigenvalue weighted by Gasteiger charge is -2.31. The summed E-state index contributed by atoms with van der Waals surface area (Å²) in [4.78, 5) is 4.82. The highest BCUT2D eigenvalue weighted by atomic mass is 16.5. The van der Waals surface area contributed by atoms with Crippen LogP contribution in [0.3, 0.4) is 0 Å². The zero-order valence-electron chi connectivity index (χ0n) is 22.8. The molecule has 0 atom stereocenters. The van der Waals surface area contributed by atoms with Gasteiger partial charge in [0.05, 0.1) is 49.2 Å². The van der Waals surface area contributed by atoms with Gasteiger partial charge in [-0.05, 0) is 36.4 Å². The first-order valence-corrected chi connectivity index (χ1v) is 14.1. The van der Waals surface area contributed by atoms with Crippen LogP contribution in [0.1, 0.15) is 11.1 Å².